The van der Waals surface area contributed by atoms with Crippen LogP contribution in [-0.4, -0.2) is 25.8 Å². The van der Waals surface area contributed by atoms with Crippen LogP contribution in [0, 0.1) is 6.92 Å². The van der Waals surface area contributed by atoms with Crippen molar-refractivity contribution in [3.8, 4) is 0 Å². The summed E-state index contributed by atoms with van der Waals surface area (Å²) >= 11 is 7.21. The van der Waals surface area contributed by atoms with Crippen molar-refractivity contribution < 1.29 is 9.59 Å². The molecule has 0 aliphatic carbocycles. The van der Waals surface area contributed by atoms with Crippen LogP contribution >= 0.6 is 22.9 Å². The van der Waals surface area contributed by atoms with Crippen molar-refractivity contribution in [1.29, 1.82) is 0 Å². The number of hydrogen-bond acceptors (Lipinski definition) is 4. The molecule has 0 radical (unpaired) electrons. The molecular weight excluding hydrogens is 248 g/mol. The highest BCUT2D eigenvalue weighted by atomic mass is 35.5. The molecule has 6 heteroatoms. The zero-order valence-electron chi connectivity index (χ0n) is 9.25. The van der Waals surface area contributed by atoms with Gasteiger partial charge in [-0.3, -0.25) is 4.79 Å². The smallest absolute Gasteiger partial charge is 0.253 e. The van der Waals surface area contributed by atoms with Crippen molar-refractivity contribution in [1.82, 2.24) is 5.32 Å². The maximum atomic E-state index is 11.4. The molecule has 0 bridgehead atoms. The van der Waals surface area contributed by atoms with Crippen molar-refractivity contribution in [3.63, 3.8) is 0 Å². The molecule has 4 nitrogen and oxygen atoms in total. The predicted octanol–water partition coefficient (Wildman–Crippen LogP) is 1.60. The first kappa shape index (κ1) is 15.1. The van der Waals surface area contributed by atoms with E-state index in [4.69, 9.17) is 11.6 Å². The third kappa shape index (κ3) is 4.74. The standard InChI is InChI=1S/C9H10ClNO2S.CH5N/c1-6-5-7(8(10)14-6)9(13)11-3-2-4-12;1-2/h4-5H,2-3H2,1H3,(H,11,13);2H2,1H3. The lowest BCUT2D eigenvalue weighted by atomic mass is 10.3. The molecule has 3 N–H and O–H groups in total. The third-order valence-electron chi connectivity index (χ3n) is 1.60. The second kappa shape index (κ2) is 8.27. The average Bonchev–Trinajstić information content (AvgIpc) is 2.61. The number of halogens is 1. The third-order valence-corrected chi connectivity index (χ3v) is 2.88. The molecule has 0 atom stereocenters. The number of nitrogens with one attached hydrogen (secondary N) is 1. The van der Waals surface area contributed by atoms with Crippen LogP contribution in [0.2, 0.25) is 4.34 Å². The Bertz CT molecular complexity index is 353. The highest BCUT2D eigenvalue weighted by Crippen LogP contribution is 2.26. The van der Waals surface area contributed by atoms with Gasteiger partial charge in [0.25, 0.3) is 5.91 Å². The molecule has 90 valence electrons. The van der Waals surface area contributed by atoms with Crippen LogP contribution in [0.5, 0.6) is 0 Å². The van der Waals surface area contributed by atoms with Gasteiger partial charge in [-0.1, -0.05) is 11.6 Å². The van der Waals surface area contributed by atoms with E-state index in [0.717, 1.165) is 11.2 Å². The van der Waals surface area contributed by atoms with Crippen LogP contribution < -0.4 is 11.1 Å². The summed E-state index contributed by atoms with van der Waals surface area (Å²) in [6.45, 7) is 2.24. The van der Waals surface area contributed by atoms with E-state index in [-0.39, 0.29) is 5.91 Å². The van der Waals surface area contributed by atoms with Crippen LogP contribution in [-0.2, 0) is 4.79 Å². The quantitative estimate of drug-likeness (QED) is 0.640. The summed E-state index contributed by atoms with van der Waals surface area (Å²) < 4.78 is 0.492. The molecule has 0 saturated heterocycles. The maximum Gasteiger partial charge on any atom is 0.253 e. The lowest BCUT2D eigenvalue weighted by molar-refractivity contribution is -0.107. The number of amides is 1. The summed E-state index contributed by atoms with van der Waals surface area (Å²) in [7, 11) is 1.50. The SMILES string of the molecule is CN.Cc1cc(C(=O)NCCC=O)c(Cl)s1. The molecule has 1 heterocycles. The monoisotopic (exact) mass is 262 g/mol. The first-order valence-electron chi connectivity index (χ1n) is 4.70. The van der Waals surface area contributed by atoms with Crippen molar-refractivity contribution in [3.05, 3.63) is 20.8 Å². The van der Waals surface area contributed by atoms with Gasteiger partial charge in [0.15, 0.2) is 0 Å². The van der Waals surface area contributed by atoms with Crippen molar-refractivity contribution in [2.45, 2.75) is 13.3 Å². The second-order valence-corrected chi connectivity index (χ2v) is 4.61. The van der Waals surface area contributed by atoms with E-state index >= 15 is 0 Å². The number of rotatable bonds is 4. The van der Waals surface area contributed by atoms with Gasteiger partial charge < -0.3 is 15.8 Å². The van der Waals surface area contributed by atoms with Crippen LogP contribution in [0.25, 0.3) is 0 Å². The van der Waals surface area contributed by atoms with E-state index in [1.54, 1.807) is 6.07 Å². The van der Waals surface area contributed by atoms with Crippen LogP contribution in [0.3, 0.4) is 0 Å². The molecule has 1 amide bonds. The van der Waals surface area contributed by atoms with Crippen molar-refractivity contribution >= 4 is 35.1 Å². The topological polar surface area (TPSA) is 72.2 Å². The van der Waals surface area contributed by atoms with Gasteiger partial charge in [-0.05, 0) is 20.0 Å². The number of nitrogens with two attached hydrogens (primary N) is 1. The van der Waals surface area contributed by atoms with Gasteiger partial charge in [0.2, 0.25) is 0 Å². The van der Waals surface area contributed by atoms with Gasteiger partial charge >= 0.3 is 0 Å². The summed E-state index contributed by atoms with van der Waals surface area (Å²) in [4.78, 5) is 22.5. The first-order valence-corrected chi connectivity index (χ1v) is 5.90. The van der Waals surface area contributed by atoms with Crippen molar-refractivity contribution in [2.75, 3.05) is 13.6 Å². The Balaban J connectivity index is 0.00000106. The number of aldehydes is 1. The Kier molecular flexibility index (Phi) is 7.80. The normalized spacial score (nSPS) is 9.00. The zero-order chi connectivity index (χ0) is 12.6. The van der Waals surface area contributed by atoms with E-state index in [2.05, 4.69) is 11.1 Å². The van der Waals surface area contributed by atoms with Gasteiger partial charge in [0.1, 0.15) is 10.6 Å². The van der Waals surface area contributed by atoms with Gasteiger partial charge in [0.05, 0.1) is 5.56 Å². The highest BCUT2D eigenvalue weighted by Gasteiger charge is 2.12. The number of carbonyl (C=O) groups is 2. The predicted molar refractivity (Wildman–Crippen MR) is 67.2 cm³/mol. The Labute approximate surface area is 104 Å². The largest absolute Gasteiger partial charge is 0.352 e. The van der Waals surface area contributed by atoms with Gasteiger partial charge in [-0.15, -0.1) is 11.3 Å². The average molecular weight is 263 g/mol. The summed E-state index contributed by atoms with van der Waals surface area (Å²) in [5.74, 6) is -0.221. The fourth-order valence-corrected chi connectivity index (χ4v) is 2.21. The van der Waals surface area contributed by atoms with E-state index in [0.29, 0.717) is 22.9 Å². The molecule has 0 aliphatic heterocycles. The number of carbonyl (C=O) groups excluding carboxylic acids is 2. The lowest BCUT2D eigenvalue weighted by Gasteiger charge is -2.00. The Morgan fingerprint density at radius 1 is 1.62 bits per heavy atom. The van der Waals surface area contributed by atoms with E-state index < -0.39 is 0 Å². The summed E-state index contributed by atoms with van der Waals surface area (Å²) in [6, 6.07) is 1.74. The molecule has 0 aliphatic rings. The molecule has 1 aromatic heterocycles. The minimum absolute atomic E-state index is 0.221. The number of hydrogen-bond donors (Lipinski definition) is 2. The van der Waals surface area contributed by atoms with E-state index in [1.807, 2.05) is 6.92 Å². The van der Waals surface area contributed by atoms with Crippen LogP contribution in [0.1, 0.15) is 21.7 Å². The van der Waals surface area contributed by atoms with Crippen LogP contribution in [0.15, 0.2) is 6.07 Å². The van der Waals surface area contributed by atoms with Crippen molar-refractivity contribution in [2.24, 2.45) is 5.73 Å². The maximum absolute atomic E-state index is 11.4. The fourth-order valence-electron chi connectivity index (χ4n) is 0.980. The van der Waals surface area contributed by atoms with Gasteiger partial charge in [-0.25, -0.2) is 0 Å². The molecule has 1 rings (SSSR count). The lowest BCUT2D eigenvalue weighted by Crippen LogP contribution is -2.24. The number of aryl methyl sites for hydroxylation is 1. The zero-order valence-corrected chi connectivity index (χ0v) is 10.8. The summed E-state index contributed by atoms with van der Waals surface area (Å²) in [5, 5.41) is 2.61. The molecule has 0 spiro atoms. The minimum Gasteiger partial charge on any atom is -0.352 e. The Morgan fingerprint density at radius 3 is 2.69 bits per heavy atom. The first-order chi connectivity index (χ1) is 7.65. The summed E-state index contributed by atoms with van der Waals surface area (Å²) in [5.41, 5.74) is 4.99. The Morgan fingerprint density at radius 2 is 2.25 bits per heavy atom. The van der Waals surface area contributed by atoms with Gasteiger partial charge in [-0.2, -0.15) is 0 Å². The molecule has 0 aromatic carbocycles. The molecule has 0 unspecified atom stereocenters. The summed E-state index contributed by atoms with van der Waals surface area (Å²) in [6.07, 6.45) is 1.09. The minimum atomic E-state index is -0.221. The molecule has 0 fully saturated rings. The fraction of sp³-hybridized carbons (Fsp3) is 0.400. The highest BCUT2D eigenvalue weighted by molar-refractivity contribution is 7.16. The second-order valence-electron chi connectivity index (χ2n) is 2.76. The Hall–Kier alpha value is -0.910. The van der Waals surface area contributed by atoms with Crippen LogP contribution in [0.4, 0.5) is 0 Å². The molecule has 16 heavy (non-hydrogen) atoms. The molecule has 1 aromatic rings. The molecular formula is C10H15ClN2O2S. The van der Waals surface area contributed by atoms with E-state index in [1.165, 1.54) is 18.4 Å². The molecule has 0 saturated carbocycles. The van der Waals surface area contributed by atoms with E-state index in [9.17, 15) is 9.59 Å². The number of thiophene rings is 1. The van der Waals surface area contributed by atoms with Gasteiger partial charge in [0, 0.05) is 17.8 Å².